The Morgan fingerprint density at radius 1 is 0.909 bits per heavy atom. The van der Waals surface area contributed by atoms with E-state index >= 15 is 0 Å². The van der Waals surface area contributed by atoms with Gasteiger partial charge in [-0.25, -0.2) is 0 Å². The summed E-state index contributed by atoms with van der Waals surface area (Å²) in [5.74, 6) is -1.67. The number of hydrogen-bond acceptors (Lipinski definition) is 4. The van der Waals surface area contributed by atoms with Crippen molar-refractivity contribution in [1.82, 2.24) is 5.32 Å². The van der Waals surface area contributed by atoms with E-state index in [4.69, 9.17) is 21.1 Å². The molecule has 6 heteroatoms. The Morgan fingerprint density at radius 3 is 2.15 bits per heavy atom. The zero-order valence-corrected chi connectivity index (χ0v) is 20.1. The van der Waals surface area contributed by atoms with Crippen molar-refractivity contribution in [3.05, 3.63) is 58.6 Å². The molecular weight excluding hydrogens is 438 g/mol. The van der Waals surface area contributed by atoms with Crippen molar-refractivity contribution >= 4 is 23.3 Å². The van der Waals surface area contributed by atoms with Crippen LogP contribution in [0.1, 0.15) is 56.6 Å². The van der Waals surface area contributed by atoms with E-state index in [0.717, 1.165) is 22.3 Å². The maximum atomic E-state index is 13.7. The zero-order valence-electron chi connectivity index (χ0n) is 19.4. The molecule has 0 radical (unpaired) electrons. The fourth-order valence-corrected chi connectivity index (χ4v) is 5.40. The van der Waals surface area contributed by atoms with Gasteiger partial charge < -0.3 is 14.8 Å². The van der Waals surface area contributed by atoms with Crippen LogP contribution in [0.5, 0.6) is 0 Å². The number of benzene rings is 2. The number of halogens is 1. The van der Waals surface area contributed by atoms with E-state index < -0.39 is 17.2 Å². The van der Waals surface area contributed by atoms with Gasteiger partial charge in [-0.05, 0) is 60.2 Å². The zero-order chi connectivity index (χ0) is 23.4. The molecule has 1 amide bonds. The summed E-state index contributed by atoms with van der Waals surface area (Å²) in [5, 5.41) is 3.75. The summed E-state index contributed by atoms with van der Waals surface area (Å²) < 4.78 is 12.3. The van der Waals surface area contributed by atoms with E-state index in [1.165, 1.54) is 0 Å². The Kier molecular flexibility index (Phi) is 5.43. The van der Waals surface area contributed by atoms with E-state index in [1.54, 1.807) is 0 Å². The average Bonchev–Trinajstić information content (AvgIpc) is 3.03. The molecule has 0 bridgehead atoms. The van der Waals surface area contributed by atoms with Crippen LogP contribution in [0.25, 0.3) is 11.1 Å². The minimum Gasteiger partial charge on any atom is -0.349 e. The number of rotatable bonds is 2. The fraction of sp³-hybridized carbons (Fsp3) is 0.481. The molecule has 2 spiro atoms. The third-order valence-electron chi connectivity index (χ3n) is 7.44. The molecule has 2 saturated heterocycles. The van der Waals surface area contributed by atoms with Crippen molar-refractivity contribution < 1.29 is 19.1 Å². The summed E-state index contributed by atoms with van der Waals surface area (Å²) in [7, 11) is 0. The third-order valence-corrected chi connectivity index (χ3v) is 7.70. The Hall–Kier alpha value is -2.21. The van der Waals surface area contributed by atoms with Gasteiger partial charge in [0.05, 0.1) is 13.2 Å². The number of ketones is 1. The first kappa shape index (κ1) is 22.6. The van der Waals surface area contributed by atoms with Gasteiger partial charge in [0.2, 0.25) is 5.91 Å². The van der Waals surface area contributed by atoms with Crippen molar-refractivity contribution in [3.8, 4) is 11.1 Å². The molecule has 5 nitrogen and oxygen atoms in total. The second-order valence-electron chi connectivity index (χ2n) is 10.6. The predicted molar refractivity (Wildman–Crippen MR) is 127 cm³/mol. The van der Waals surface area contributed by atoms with Crippen LogP contribution in [0.3, 0.4) is 0 Å². The van der Waals surface area contributed by atoms with Crippen LogP contribution in [0.2, 0.25) is 5.02 Å². The highest BCUT2D eigenvalue weighted by Crippen LogP contribution is 2.47. The Bertz CT molecular complexity index is 1090. The van der Waals surface area contributed by atoms with Gasteiger partial charge in [-0.1, -0.05) is 49.7 Å². The fourth-order valence-electron chi connectivity index (χ4n) is 5.28. The Morgan fingerprint density at radius 2 is 1.52 bits per heavy atom. The topological polar surface area (TPSA) is 64.6 Å². The van der Waals surface area contributed by atoms with Gasteiger partial charge in [0.1, 0.15) is 11.5 Å². The number of nitrogens with one attached hydrogen (secondary N) is 1. The van der Waals surface area contributed by atoms with Gasteiger partial charge >= 0.3 is 0 Å². The number of carbonyl (C=O) groups excluding carboxylic acids is 2. The molecule has 33 heavy (non-hydrogen) atoms. The summed E-state index contributed by atoms with van der Waals surface area (Å²) >= 11 is 6.03. The summed E-state index contributed by atoms with van der Waals surface area (Å²) in [4.78, 5) is 26.9. The number of hydrogen-bond donors (Lipinski definition) is 1. The van der Waals surface area contributed by atoms with E-state index in [-0.39, 0.29) is 17.1 Å². The summed E-state index contributed by atoms with van der Waals surface area (Å²) in [6.07, 6.45) is 2.27. The molecular formula is C27H30ClNO4. The second-order valence-corrected chi connectivity index (χ2v) is 11.0. The number of carbonyl (C=O) groups is 2. The summed E-state index contributed by atoms with van der Waals surface area (Å²) in [5.41, 5.74) is 2.82. The van der Waals surface area contributed by atoms with Crippen LogP contribution in [-0.4, -0.2) is 36.2 Å². The Labute approximate surface area is 199 Å². The SMILES string of the molecule is Cc1ccc(-c2ccc(Cl)cc2)cc1C1C(=O)NC2(CCC3(CC2)OCC(C)(C)CO3)C1=O. The van der Waals surface area contributed by atoms with Gasteiger partial charge in [-0.3, -0.25) is 9.59 Å². The first-order valence-corrected chi connectivity index (χ1v) is 12.0. The molecule has 1 saturated carbocycles. The molecule has 2 heterocycles. The molecule has 174 valence electrons. The standard InChI is InChI=1S/C27H30ClNO4/c1-17-4-5-19(18-6-8-20(28)9-7-18)14-21(17)22-23(30)26(29-24(22)31)10-12-27(13-11-26)32-15-25(2,3)16-33-27/h4-9,14,22H,10-13,15-16H2,1-3H3,(H,29,31). The third kappa shape index (κ3) is 4.01. The molecule has 1 atom stereocenters. The number of Topliss-reactive ketones (excluding diaryl/α,β-unsaturated/α-hetero) is 1. The van der Waals surface area contributed by atoms with Gasteiger partial charge in [0.25, 0.3) is 0 Å². The smallest absolute Gasteiger partial charge is 0.235 e. The van der Waals surface area contributed by atoms with Crippen molar-refractivity contribution in [1.29, 1.82) is 0 Å². The molecule has 1 N–H and O–H groups in total. The molecule has 1 aliphatic carbocycles. The molecule has 0 aromatic heterocycles. The van der Waals surface area contributed by atoms with Crippen molar-refractivity contribution in [2.24, 2.45) is 5.41 Å². The molecule has 2 aliphatic heterocycles. The van der Waals surface area contributed by atoms with E-state index in [9.17, 15) is 9.59 Å². The normalized spacial score (nSPS) is 25.4. The van der Waals surface area contributed by atoms with Crippen LogP contribution in [0, 0.1) is 12.3 Å². The first-order chi connectivity index (χ1) is 15.6. The maximum Gasteiger partial charge on any atom is 0.235 e. The quantitative estimate of drug-likeness (QED) is 0.618. The van der Waals surface area contributed by atoms with E-state index in [2.05, 4.69) is 19.2 Å². The first-order valence-electron chi connectivity index (χ1n) is 11.6. The van der Waals surface area contributed by atoms with Gasteiger partial charge in [-0.2, -0.15) is 0 Å². The molecule has 2 aromatic rings. The average molecular weight is 468 g/mol. The minimum atomic E-state index is -0.838. The summed E-state index contributed by atoms with van der Waals surface area (Å²) in [6, 6.07) is 13.5. The van der Waals surface area contributed by atoms with Crippen LogP contribution in [0.4, 0.5) is 0 Å². The molecule has 2 aromatic carbocycles. The largest absolute Gasteiger partial charge is 0.349 e. The predicted octanol–water partition coefficient (Wildman–Crippen LogP) is 5.18. The van der Waals surface area contributed by atoms with Gasteiger partial charge in [0, 0.05) is 23.3 Å². The number of amides is 1. The monoisotopic (exact) mass is 467 g/mol. The molecule has 1 unspecified atom stereocenters. The van der Waals surface area contributed by atoms with E-state index in [0.29, 0.717) is 43.9 Å². The highest BCUT2D eigenvalue weighted by molar-refractivity contribution is 6.30. The van der Waals surface area contributed by atoms with Crippen LogP contribution in [0.15, 0.2) is 42.5 Å². The molecule has 3 fully saturated rings. The van der Waals surface area contributed by atoms with Gasteiger partial charge in [0.15, 0.2) is 11.6 Å². The lowest BCUT2D eigenvalue weighted by Gasteiger charge is -2.48. The van der Waals surface area contributed by atoms with Crippen LogP contribution >= 0.6 is 11.6 Å². The van der Waals surface area contributed by atoms with E-state index in [1.807, 2.05) is 49.4 Å². The lowest BCUT2D eigenvalue weighted by Crippen LogP contribution is -2.57. The van der Waals surface area contributed by atoms with Crippen LogP contribution in [-0.2, 0) is 19.1 Å². The lowest BCUT2D eigenvalue weighted by atomic mass is 9.73. The highest BCUT2D eigenvalue weighted by Gasteiger charge is 2.57. The molecule has 3 aliphatic rings. The number of aryl methyl sites for hydroxylation is 1. The maximum absolute atomic E-state index is 13.7. The summed E-state index contributed by atoms with van der Waals surface area (Å²) in [6.45, 7) is 7.47. The lowest BCUT2D eigenvalue weighted by molar-refractivity contribution is -0.312. The molecule has 5 rings (SSSR count). The highest BCUT2D eigenvalue weighted by atomic mass is 35.5. The second kappa shape index (κ2) is 7.93. The van der Waals surface area contributed by atoms with Gasteiger partial charge in [-0.15, -0.1) is 0 Å². The number of ether oxygens (including phenoxy) is 2. The minimum absolute atomic E-state index is 0.00446. The van der Waals surface area contributed by atoms with Crippen molar-refractivity contribution in [3.63, 3.8) is 0 Å². The van der Waals surface area contributed by atoms with Crippen molar-refractivity contribution in [2.75, 3.05) is 13.2 Å². The van der Waals surface area contributed by atoms with Crippen LogP contribution < -0.4 is 5.32 Å². The van der Waals surface area contributed by atoms with Crippen molar-refractivity contribution in [2.45, 2.75) is 63.7 Å². The Balaban J connectivity index is 1.38.